The summed E-state index contributed by atoms with van der Waals surface area (Å²) in [5, 5.41) is 6.12. The third-order valence-corrected chi connectivity index (χ3v) is 3.70. The zero-order valence-electron chi connectivity index (χ0n) is 13.0. The van der Waals surface area contributed by atoms with Gasteiger partial charge < -0.3 is 10.2 Å². The van der Waals surface area contributed by atoms with Crippen LogP contribution < -0.4 is 10.6 Å². The fourth-order valence-electron chi connectivity index (χ4n) is 1.86. The molecule has 2 N–H and O–H groups in total. The van der Waals surface area contributed by atoms with Crippen molar-refractivity contribution in [3.05, 3.63) is 30.3 Å². The van der Waals surface area contributed by atoms with E-state index in [2.05, 4.69) is 24.9 Å². The number of anilines is 1. The second-order valence-electron chi connectivity index (χ2n) is 5.38. The van der Waals surface area contributed by atoms with E-state index in [0.29, 0.717) is 11.0 Å². The minimum Gasteiger partial charge on any atom is -0.335 e. The highest BCUT2D eigenvalue weighted by Crippen LogP contribution is 2.20. The molecule has 0 radical (unpaired) electrons. The van der Waals surface area contributed by atoms with Gasteiger partial charge in [0.05, 0.1) is 0 Å². The molecule has 2 aromatic rings. The molecule has 0 aliphatic heterocycles. The molecule has 2 rings (SSSR count). The lowest BCUT2D eigenvalue weighted by Gasteiger charge is -2.16. The van der Waals surface area contributed by atoms with Crippen LogP contribution in [0, 0.1) is 0 Å². The van der Waals surface area contributed by atoms with E-state index in [0.717, 1.165) is 18.5 Å². The van der Waals surface area contributed by atoms with Gasteiger partial charge in [0.25, 0.3) is 0 Å². The van der Waals surface area contributed by atoms with Crippen LogP contribution in [-0.4, -0.2) is 47.0 Å². The maximum atomic E-state index is 11.9. The average Bonchev–Trinajstić information content (AvgIpc) is 2.94. The van der Waals surface area contributed by atoms with Crippen molar-refractivity contribution in [1.82, 2.24) is 19.6 Å². The molecule has 6 nitrogen and oxygen atoms in total. The third-order valence-electron chi connectivity index (χ3n) is 3.07. The van der Waals surface area contributed by atoms with Gasteiger partial charge in [-0.15, -0.1) is 0 Å². The second-order valence-corrected chi connectivity index (χ2v) is 6.13. The van der Waals surface area contributed by atoms with Crippen molar-refractivity contribution < 1.29 is 4.79 Å². The first kappa shape index (κ1) is 16.4. The van der Waals surface area contributed by atoms with Crippen molar-refractivity contribution >= 4 is 22.7 Å². The number of nitrogens with one attached hydrogen (secondary N) is 2. The summed E-state index contributed by atoms with van der Waals surface area (Å²) in [6.07, 6.45) is 0.895. The molecular weight excluding hydrogens is 298 g/mol. The fraction of sp³-hybridized carbons (Fsp3) is 0.400. The Bertz CT molecular complexity index is 599. The van der Waals surface area contributed by atoms with E-state index in [1.165, 1.54) is 11.5 Å². The zero-order valence-corrected chi connectivity index (χ0v) is 13.9. The van der Waals surface area contributed by atoms with E-state index in [-0.39, 0.29) is 12.1 Å². The molecule has 0 saturated heterocycles. The fourth-order valence-corrected chi connectivity index (χ4v) is 2.44. The minimum atomic E-state index is -0.248. The Hall–Kier alpha value is -1.99. The lowest BCUT2D eigenvalue weighted by molar-refractivity contribution is 0.247. The van der Waals surface area contributed by atoms with Crippen molar-refractivity contribution in [3.8, 4) is 11.4 Å². The van der Waals surface area contributed by atoms with Crippen LogP contribution in [0.5, 0.6) is 0 Å². The summed E-state index contributed by atoms with van der Waals surface area (Å²) in [5.41, 5.74) is 0.937. The number of urea groups is 1. The molecule has 1 atom stereocenters. The first-order chi connectivity index (χ1) is 10.5. The Morgan fingerprint density at radius 3 is 2.73 bits per heavy atom. The number of aromatic nitrogens is 2. The van der Waals surface area contributed by atoms with Crippen LogP contribution in [0.25, 0.3) is 11.4 Å². The van der Waals surface area contributed by atoms with E-state index >= 15 is 0 Å². The summed E-state index contributed by atoms with van der Waals surface area (Å²) >= 11 is 1.18. The van der Waals surface area contributed by atoms with Gasteiger partial charge in [-0.2, -0.15) is 9.36 Å². The maximum absolute atomic E-state index is 11.9. The topological polar surface area (TPSA) is 70.2 Å². The second kappa shape index (κ2) is 7.86. The standard InChI is InChI=1S/C15H21N5OS/c1-11(9-10-20(2)3)16-14(21)18-15-17-13(19-22-15)12-7-5-4-6-8-12/h4-8,11H,9-10H2,1-3H3,(H2,16,17,18,19,21)/t11-/m0/s1. The number of hydrogen-bond donors (Lipinski definition) is 2. The van der Waals surface area contributed by atoms with E-state index in [9.17, 15) is 4.79 Å². The first-order valence-corrected chi connectivity index (χ1v) is 7.93. The lowest BCUT2D eigenvalue weighted by atomic mass is 10.2. The van der Waals surface area contributed by atoms with Crippen molar-refractivity contribution in [2.45, 2.75) is 19.4 Å². The number of rotatable bonds is 6. The van der Waals surface area contributed by atoms with Gasteiger partial charge in [-0.25, -0.2) is 4.79 Å². The molecule has 1 heterocycles. The molecule has 0 fully saturated rings. The van der Waals surface area contributed by atoms with Gasteiger partial charge in [-0.3, -0.25) is 5.32 Å². The summed E-state index contributed by atoms with van der Waals surface area (Å²) in [7, 11) is 4.03. The van der Waals surface area contributed by atoms with Crippen LogP contribution in [0.4, 0.5) is 9.93 Å². The number of hydrogen-bond acceptors (Lipinski definition) is 5. The molecule has 1 aromatic heterocycles. The number of benzene rings is 1. The average molecular weight is 319 g/mol. The summed E-state index contributed by atoms with van der Waals surface area (Å²) in [6, 6.07) is 9.54. The smallest absolute Gasteiger partial charge is 0.321 e. The quantitative estimate of drug-likeness (QED) is 0.859. The lowest BCUT2D eigenvalue weighted by Crippen LogP contribution is -2.37. The summed E-state index contributed by atoms with van der Waals surface area (Å²) in [6.45, 7) is 2.91. The van der Waals surface area contributed by atoms with E-state index in [1.807, 2.05) is 51.4 Å². The van der Waals surface area contributed by atoms with Crippen molar-refractivity contribution in [2.24, 2.45) is 0 Å². The van der Waals surface area contributed by atoms with E-state index < -0.39 is 0 Å². The van der Waals surface area contributed by atoms with Crippen LogP contribution in [0.3, 0.4) is 0 Å². The molecule has 2 amide bonds. The molecule has 0 bridgehead atoms. The molecule has 22 heavy (non-hydrogen) atoms. The predicted octanol–water partition coefficient (Wildman–Crippen LogP) is 2.67. The van der Waals surface area contributed by atoms with Gasteiger partial charge in [-0.1, -0.05) is 30.3 Å². The third kappa shape index (κ3) is 5.09. The maximum Gasteiger partial charge on any atom is 0.321 e. The number of carbonyl (C=O) groups excluding carboxylic acids is 1. The molecule has 0 aliphatic rings. The van der Waals surface area contributed by atoms with Gasteiger partial charge in [0.1, 0.15) is 0 Å². The highest BCUT2D eigenvalue weighted by Gasteiger charge is 2.11. The zero-order chi connectivity index (χ0) is 15.9. The molecule has 0 aliphatic carbocycles. The molecule has 0 unspecified atom stereocenters. The van der Waals surface area contributed by atoms with Crippen molar-refractivity contribution in [1.29, 1.82) is 0 Å². The Kier molecular flexibility index (Phi) is 5.85. The molecule has 0 saturated carbocycles. The molecule has 0 spiro atoms. The Morgan fingerprint density at radius 1 is 1.32 bits per heavy atom. The Labute approximate surface area is 134 Å². The summed E-state index contributed by atoms with van der Waals surface area (Å²) < 4.78 is 4.26. The van der Waals surface area contributed by atoms with Gasteiger partial charge in [0.2, 0.25) is 5.13 Å². The highest BCUT2D eigenvalue weighted by molar-refractivity contribution is 7.10. The van der Waals surface area contributed by atoms with Crippen molar-refractivity contribution in [3.63, 3.8) is 0 Å². The highest BCUT2D eigenvalue weighted by atomic mass is 32.1. The minimum absolute atomic E-state index is 0.101. The molecular formula is C15H21N5OS. The normalized spacial score (nSPS) is 12.2. The van der Waals surface area contributed by atoms with Crippen molar-refractivity contribution in [2.75, 3.05) is 26.0 Å². The SMILES string of the molecule is C[C@@H](CCN(C)C)NC(=O)Nc1nc(-c2ccccc2)ns1. The molecule has 7 heteroatoms. The van der Waals surface area contributed by atoms with Gasteiger partial charge in [0, 0.05) is 23.1 Å². The number of carbonyl (C=O) groups is 1. The largest absolute Gasteiger partial charge is 0.335 e. The molecule has 118 valence electrons. The Balaban J connectivity index is 1.86. The van der Waals surface area contributed by atoms with Crippen LogP contribution >= 0.6 is 11.5 Å². The number of nitrogens with zero attached hydrogens (tertiary/aromatic N) is 3. The Morgan fingerprint density at radius 2 is 2.05 bits per heavy atom. The van der Waals surface area contributed by atoms with Crippen LogP contribution in [0.2, 0.25) is 0 Å². The molecule has 1 aromatic carbocycles. The van der Waals surface area contributed by atoms with Crippen LogP contribution in [0.1, 0.15) is 13.3 Å². The summed E-state index contributed by atoms with van der Waals surface area (Å²) in [5.74, 6) is 0.626. The monoisotopic (exact) mass is 319 g/mol. The van der Waals surface area contributed by atoms with Gasteiger partial charge in [-0.05, 0) is 34.0 Å². The van der Waals surface area contributed by atoms with Crippen LogP contribution in [-0.2, 0) is 0 Å². The van der Waals surface area contributed by atoms with E-state index in [1.54, 1.807) is 0 Å². The number of amides is 2. The van der Waals surface area contributed by atoms with Gasteiger partial charge >= 0.3 is 6.03 Å². The first-order valence-electron chi connectivity index (χ1n) is 7.16. The van der Waals surface area contributed by atoms with E-state index in [4.69, 9.17) is 0 Å². The van der Waals surface area contributed by atoms with Gasteiger partial charge in [0.15, 0.2) is 5.82 Å². The summed E-state index contributed by atoms with van der Waals surface area (Å²) in [4.78, 5) is 18.3. The predicted molar refractivity (Wildman–Crippen MR) is 90.1 cm³/mol. The van der Waals surface area contributed by atoms with Crippen LogP contribution in [0.15, 0.2) is 30.3 Å².